The molecular formula is C12H19N3O. The zero-order valence-corrected chi connectivity index (χ0v) is 9.78. The zero-order chi connectivity index (χ0) is 11.5. The van der Waals surface area contributed by atoms with E-state index in [2.05, 4.69) is 18.3 Å². The highest BCUT2D eigenvalue weighted by Crippen LogP contribution is 2.30. The van der Waals surface area contributed by atoms with Crippen LogP contribution in [0.15, 0.2) is 0 Å². The molecule has 2 atom stereocenters. The molecule has 2 aliphatic rings. The van der Waals surface area contributed by atoms with Crippen LogP contribution in [-0.2, 0) is 4.79 Å². The fourth-order valence-corrected chi connectivity index (χ4v) is 2.38. The molecule has 2 fully saturated rings. The number of rotatable bonds is 4. The Labute approximate surface area is 96.6 Å². The molecule has 1 heterocycles. The van der Waals surface area contributed by atoms with Crippen LogP contribution in [0, 0.1) is 23.2 Å². The van der Waals surface area contributed by atoms with Crippen LogP contribution < -0.4 is 5.32 Å². The molecule has 16 heavy (non-hydrogen) atoms. The molecule has 0 bridgehead atoms. The lowest BCUT2D eigenvalue weighted by Crippen LogP contribution is -2.40. The SMILES string of the molecule is C[C@@H]1CNC[C@H]1C(=O)N(CCC#N)C1CC1. The quantitative estimate of drug-likeness (QED) is 0.762. The summed E-state index contributed by atoms with van der Waals surface area (Å²) in [5, 5.41) is 11.9. The van der Waals surface area contributed by atoms with E-state index in [0.29, 0.717) is 24.9 Å². The first kappa shape index (κ1) is 11.4. The molecular weight excluding hydrogens is 202 g/mol. The van der Waals surface area contributed by atoms with Crippen molar-refractivity contribution in [2.24, 2.45) is 11.8 Å². The molecule has 0 aromatic carbocycles. The van der Waals surface area contributed by atoms with E-state index in [4.69, 9.17) is 5.26 Å². The fraction of sp³-hybridized carbons (Fsp3) is 0.833. The largest absolute Gasteiger partial charge is 0.338 e. The van der Waals surface area contributed by atoms with Crippen molar-refractivity contribution in [3.05, 3.63) is 0 Å². The van der Waals surface area contributed by atoms with Gasteiger partial charge >= 0.3 is 0 Å². The summed E-state index contributed by atoms with van der Waals surface area (Å²) in [6.07, 6.45) is 2.69. The van der Waals surface area contributed by atoms with Gasteiger partial charge in [-0.05, 0) is 25.3 Å². The van der Waals surface area contributed by atoms with Crippen LogP contribution in [-0.4, -0.2) is 36.5 Å². The van der Waals surface area contributed by atoms with E-state index in [9.17, 15) is 4.79 Å². The van der Waals surface area contributed by atoms with Crippen molar-refractivity contribution in [2.45, 2.75) is 32.2 Å². The number of carbonyl (C=O) groups is 1. The Morgan fingerprint density at radius 2 is 2.25 bits per heavy atom. The Kier molecular flexibility index (Phi) is 3.45. The van der Waals surface area contributed by atoms with Gasteiger partial charge in [0.25, 0.3) is 0 Å². The van der Waals surface area contributed by atoms with E-state index in [1.54, 1.807) is 0 Å². The highest BCUT2D eigenvalue weighted by Gasteiger charge is 2.38. The Bertz CT molecular complexity index is 306. The van der Waals surface area contributed by atoms with Gasteiger partial charge in [-0.3, -0.25) is 4.79 Å². The number of nitriles is 1. The first-order chi connectivity index (χ1) is 7.74. The normalized spacial score (nSPS) is 28.8. The molecule has 2 rings (SSSR count). The standard InChI is InChI=1S/C12H19N3O/c1-9-7-14-8-11(9)12(16)15(6-2-5-13)10-3-4-10/h9-11,14H,2-4,6-8H2,1H3/t9-,11-/m1/s1. The van der Waals surface area contributed by atoms with Crippen LogP contribution in [0.2, 0.25) is 0 Å². The van der Waals surface area contributed by atoms with Crippen LogP contribution in [0.5, 0.6) is 0 Å². The molecule has 0 aromatic heterocycles. The minimum absolute atomic E-state index is 0.124. The average molecular weight is 221 g/mol. The van der Waals surface area contributed by atoms with Crippen LogP contribution in [0.1, 0.15) is 26.2 Å². The first-order valence-corrected chi connectivity index (χ1v) is 6.12. The molecule has 0 unspecified atom stereocenters. The highest BCUT2D eigenvalue weighted by molar-refractivity contribution is 5.80. The third-order valence-corrected chi connectivity index (χ3v) is 3.57. The number of nitrogens with zero attached hydrogens (tertiary/aromatic N) is 2. The average Bonchev–Trinajstić information content (AvgIpc) is 3.01. The van der Waals surface area contributed by atoms with Gasteiger partial charge in [-0.25, -0.2) is 0 Å². The number of hydrogen-bond donors (Lipinski definition) is 1. The molecule has 1 saturated heterocycles. The molecule has 1 saturated carbocycles. The van der Waals surface area contributed by atoms with E-state index in [1.807, 2.05) is 4.90 Å². The van der Waals surface area contributed by atoms with Crippen LogP contribution >= 0.6 is 0 Å². The van der Waals surface area contributed by atoms with Crippen molar-refractivity contribution < 1.29 is 4.79 Å². The van der Waals surface area contributed by atoms with E-state index >= 15 is 0 Å². The van der Waals surface area contributed by atoms with Crippen molar-refractivity contribution in [1.82, 2.24) is 10.2 Å². The van der Waals surface area contributed by atoms with Gasteiger partial charge in [-0.15, -0.1) is 0 Å². The maximum Gasteiger partial charge on any atom is 0.227 e. The van der Waals surface area contributed by atoms with E-state index in [-0.39, 0.29) is 11.8 Å². The summed E-state index contributed by atoms with van der Waals surface area (Å²) in [6, 6.07) is 2.55. The molecule has 88 valence electrons. The lowest BCUT2D eigenvalue weighted by atomic mass is 9.96. The van der Waals surface area contributed by atoms with Gasteiger partial charge in [-0.2, -0.15) is 5.26 Å². The third kappa shape index (κ3) is 2.35. The molecule has 4 nitrogen and oxygen atoms in total. The number of nitrogens with one attached hydrogen (secondary N) is 1. The lowest BCUT2D eigenvalue weighted by molar-refractivity contribution is -0.136. The third-order valence-electron chi connectivity index (χ3n) is 3.57. The fourth-order valence-electron chi connectivity index (χ4n) is 2.38. The van der Waals surface area contributed by atoms with Gasteiger partial charge in [0.2, 0.25) is 5.91 Å². The van der Waals surface area contributed by atoms with Gasteiger partial charge in [0, 0.05) is 19.1 Å². The Morgan fingerprint density at radius 1 is 1.50 bits per heavy atom. The monoisotopic (exact) mass is 221 g/mol. The lowest BCUT2D eigenvalue weighted by Gasteiger charge is -2.26. The van der Waals surface area contributed by atoms with Gasteiger partial charge in [0.1, 0.15) is 0 Å². The predicted octanol–water partition coefficient (Wildman–Crippen LogP) is 0.747. The van der Waals surface area contributed by atoms with Crippen molar-refractivity contribution >= 4 is 5.91 Å². The van der Waals surface area contributed by atoms with Crippen molar-refractivity contribution in [2.75, 3.05) is 19.6 Å². The number of carbonyl (C=O) groups excluding carboxylic acids is 1. The topological polar surface area (TPSA) is 56.1 Å². The minimum atomic E-state index is 0.124. The summed E-state index contributed by atoms with van der Waals surface area (Å²) in [5.74, 6) is 0.811. The van der Waals surface area contributed by atoms with Crippen LogP contribution in [0.4, 0.5) is 0 Å². The van der Waals surface area contributed by atoms with Gasteiger partial charge in [0.15, 0.2) is 0 Å². The smallest absolute Gasteiger partial charge is 0.227 e. The van der Waals surface area contributed by atoms with Crippen molar-refractivity contribution in [3.63, 3.8) is 0 Å². The summed E-state index contributed by atoms with van der Waals surface area (Å²) in [5.41, 5.74) is 0. The van der Waals surface area contributed by atoms with Gasteiger partial charge in [0.05, 0.1) is 18.4 Å². The summed E-state index contributed by atoms with van der Waals surface area (Å²) in [7, 11) is 0. The molecule has 1 amide bonds. The van der Waals surface area contributed by atoms with Crippen LogP contribution in [0.25, 0.3) is 0 Å². The summed E-state index contributed by atoms with van der Waals surface area (Å²) in [4.78, 5) is 14.3. The summed E-state index contributed by atoms with van der Waals surface area (Å²) >= 11 is 0. The Balaban J connectivity index is 1.96. The predicted molar refractivity (Wildman–Crippen MR) is 60.5 cm³/mol. The molecule has 0 spiro atoms. The maximum atomic E-state index is 12.3. The Morgan fingerprint density at radius 3 is 2.75 bits per heavy atom. The maximum absolute atomic E-state index is 12.3. The Hall–Kier alpha value is -1.08. The second kappa shape index (κ2) is 4.84. The molecule has 4 heteroatoms. The van der Waals surface area contributed by atoms with Crippen molar-refractivity contribution in [1.29, 1.82) is 5.26 Å². The van der Waals surface area contributed by atoms with Crippen LogP contribution in [0.3, 0.4) is 0 Å². The second-order valence-corrected chi connectivity index (χ2v) is 4.91. The highest BCUT2D eigenvalue weighted by atomic mass is 16.2. The van der Waals surface area contributed by atoms with Gasteiger partial charge in [-0.1, -0.05) is 6.92 Å². The summed E-state index contributed by atoms with van der Waals surface area (Å²) < 4.78 is 0. The molecule has 0 radical (unpaired) electrons. The van der Waals surface area contributed by atoms with E-state index in [1.165, 1.54) is 0 Å². The zero-order valence-electron chi connectivity index (χ0n) is 9.78. The number of amides is 1. The van der Waals surface area contributed by atoms with E-state index in [0.717, 1.165) is 25.9 Å². The first-order valence-electron chi connectivity index (χ1n) is 6.12. The molecule has 0 aromatic rings. The molecule has 1 N–H and O–H groups in total. The summed E-state index contributed by atoms with van der Waals surface area (Å²) in [6.45, 7) is 4.48. The second-order valence-electron chi connectivity index (χ2n) is 4.91. The molecule has 1 aliphatic carbocycles. The minimum Gasteiger partial charge on any atom is -0.338 e. The van der Waals surface area contributed by atoms with Crippen molar-refractivity contribution in [3.8, 4) is 6.07 Å². The van der Waals surface area contributed by atoms with Gasteiger partial charge < -0.3 is 10.2 Å². The number of hydrogen-bond acceptors (Lipinski definition) is 3. The van der Waals surface area contributed by atoms with E-state index < -0.39 is 0 Å². The molecule has 1 aliphatic heterocycles.